The molecule has 3 aromatic heterocycles. The smallest absolute Gasteiger partial charge is 0.316 e. The number of carbonyl (C=O) groups excluding carboxylic acids is 2. The Hall–Kier alpha value is -4.61. The lowest BCUT2D eigenvalue weighted by atomic mass is 10.2. The summed E-state index contributed by atoms with van der Waals surface area (Å²) in [5.41, 5.74) is 0.699. The third-order valence-corrected chi connectivity index (χ3v) is 4.15. The van der Waals surface area contributed by atoms with Crippen LogP contribution in [0.5, 0.6) is 11.6 Å². The summed E-state index contributed by atoms with van der Waals surface area (Å²) in [7, 11) is 4.92. The van der Waals surface area contributed by atoms with Crippen molar-refractivity contribution in [3.05, 3.63) is 60.4 Å². The van der Waals surface area contributed by atoms with Crippen molar-refractivity contribution in [1.29, 1.82) is 0 Å². The van der Waals surface area contributed by atoms with Crippen molar-refractivity contribution in [3.8, 4) is 23.1 Å². The fraction of sp³-hybridized carbons (Fsp3) is 0.150. The normalized spacial score (nSPS) is 10.6. The van der Waals surface area contributed by atoms with E-state index in [0.29, 0.717) is 22.8 Å². The highest BCUT2D eigenvalue weighted by Crippen LogP contribution is 2.22. The molecule has 0 saturated carbocycles. The predicted molar refractivity (Wildman–Crippen MR) is 111 cm³/mol. The number of hydrogen-bond donors (Lipinski definition) is 1. The molecule has 0 aliphatic rings. The molecule has 3 heterocycles. The number of aromatic nitrogens is 6. The van der Waals surface area contributed by atoms with Crippen LogP contribution in [0.1, 0.15) is 21.0 Å². The Balaban J connectivity index is 1.44. The second kappa shape index (κ2) is 8.63. The molecular formula is C20H18N8O4. The molecule has 12 heteroatoms. The van der Waals surface area contributed by atoms with Gasteiger partial charge >= 0.3 is 11.8 Å². The lowest BCUT2D eigenvalue weighted by molar-refractivity contribution is 0.0779. The molecule has 0 atom stereocenters. The van der Waals surface area contributed by atoms with Crippen LogP contribution >= 0.6 is 0 Å². The van der Waals surface area contributed by atoms with Gasteiger partial charge in [-0.05, 0) is 18.2 Å². The Labute approximate surface area is 181 Å². The van der Waals surface area contributed by atoms with Gasteiger partial charge in [-0.15, -0.1) is 0 Å². The molecule has 0 spiro atoms. The average Bonchev–Trinajstić information content (AvgIpc) is 3.43. The van der Waals surface area contributed by atoms with E-state index >= 15 is 0 Å². The minimum atomic E-state index is -0.413. The summed E-state index contributed by atoms with van der Waals surface area (Å²) < 4.78 is 12.2. The number of rotatable bonds is 6. The van der Waals surface area contributed by atoms with Crippen LogP contribution in [-0.2, 0) is 7.05 Å². The number of hydrogen-bond acceptors (Lipinski definition) is 9. The number of nitrogens with zero attached hydrogens (tertiary/aromatic N) is 7. The van der Waals surface area contributed by atoms with E-state index in [4.69, 9.17) is 9.26 Å². The summed E-state index contributed by atoms with van der Waals surface area (Å²) >= 11 is 0. The zero-order chi connectivity index (χ0) is 22.7. The third-order valence-electron chi connectivity index (χ3n) is 4.15. The van der Waals surface area contributed by atoms with Gasteiger partial charge in [-0.3, -0.25) is 14.3 Å². The zero-order valence-corrected chi connectivity index (χ0v) is 17.4. The standard InChI is InChI=1S/C20H18N8O4/c1-27(2)20(30)19-24-17(26-32-19)14-10-22-16(11-21-14)31-13-6-4-5-12(9-13)18(29)23-15-7-8-28(3)25-15/h4-11H,1-3H3,(H,23,25,29). The van der Waals surface area contributed by atoms with Crippen LogP contribution in [0.3, 0.4) is 0 Å². The zero-order valence-electron chi connectivity index (χ0n) is 17.4. The van der Waals surface area contributed by atoms with Gasteiger partial charge in [-0.2, -0.15) is 10.1 Å². The molecule has 4 aromatic rings. The van der Waals surface area contributed by atoms with Crippen molar-refractivity contribution >= 4 is 17.6 Å². The topological polar surface area (TPSA) is 141 Å². The molecular weight excluding hydrogens is 416 g/mol. The molecule has 4 rings (SSSR count). The van der Waals surface area contributed by atoms with E-state index in [0.717, 1.165) is 0 Å². The summed E-state index contributed by atoms with van der Waals surface area (Å²) in [6.45, 7) is 0. The van der Waals surface area contributed by atoms with E-state index < -0.39 is 5.91 Å². The molecule has 2 amide bonds. The maximum Gasteiger partial charge on any atom is 0.316 e. The summed E-state index contributed by atoms with van der Waals surface area (Å²) in [5, 5.41) is 10.6. The van der Waals surface area contributed by atoms with Crippen molar-refractivity contribution in [2.24, 2.45) is 7.05 Å². The first-order valence-corrected chi connectivity index (χ1v) is 9.36. The first-order chi connectivity index (χ1) is 15.4. The van der Waals surface area contributed by atoms with Crippen molar-refractivity contribution < 1.29 is 18.8 Å². The number of amides is 2. The number of anilines is 1. The van der Waals surface area contributed by atoms with Crippen molar-refractivity contribution in [1.82, 2.24) is 34.8 Å². The third kappa shape index (κ3) is 4.59. The Bertz CT molecular complexity index is 1260. The van der Waals surface area contributed by atoms with E-state index in [1.165, 1.54) is 17.3 Å². The van der Waals surface area contributed by atoms with Crippen LogP contribution in [0.15, 0.2) is 53.4 Å². The van der Waals surface area contributed by atoms with Gasteiger partial charge in [0, 0.05) is 39.0 Å². The highest BCUT2D eigenvalue weighted by atomic mass is 16.5. The Morgan fingerprint density at radius 1 is 1.16 bits per heavy atom. The maximum atomic E-state index is 12.4. The average molecular weight is 434 g/mol. The minimum absolute atomic E-state index is 0.127. The largest absolute Gasteiger partial charge is 0.437 e. The van der Waals surface area contributed by atoms with Gasteiger partial charge in [0.2, 0.25) is 11.7 Å². The van der Waals surface area contributed by atoms with Gasteiger partial charge in [0.05, 0.1) is 12.4 Å². The first kappa shape index (κ1) is 20.7. The fourth-order valence-electron chi connectivity index (χ4n) is 2.58. The minimum Gasteiger partial charge on any atom is -0.437 e. The second-order valence-electron chi connectivity index (χ2n) is 6.82. The Morgan fingerprint density at radius 3 is 2.69 bits per heavy atom. The molecule has 0 saturated heterocycles. The molecule has 0 aliphatic heterocycles. The van der Waals surface area contributed by atoms with Crippen LogP contribution < -0.4 is 10.1 Å². The molecule has 32 heavy (non-hydrogen) atoms. The van der Waals surface area contributed by atoms with Gasteiger partial charge < -0.3 is 19.5 Å². The quantitative estimate of drug-likeness (QED) is 0.482. The summed E-state index contributed by atoms with van der Waals surface area (Å²) in [6, 6.07) is 8.30. The number of benzene rings is 1. The molecule has 12 nitrogen and oxygen atoms in total. The van der Waals surface area contributed by atoms with Gasteiger partial charge in [0.15, 0.2) is 5.82 Å². The molecule has 0 bridgehead atoms. The van der Waals surface area contributed by atoms with Crippen LogP contribution in [0.2, 0.25) is 0 Å². The highest BCUT2D eigenvalue weighted by Gasteiger charge is 2.18. The SMILES string of the molecule is CN(C)C(=O)c1nc(-c2cnc(Oc3cccc(C(=O)Nc4ccn(C)n4)c3)cn2)no1. The molecule has 0 aliphatic carbocycles. The molecule has 0 radical (unpaired) electrons. The van der Waals surface area contributed by atoms with Crippen LogP contribution in [0, 0.1) is 0 Å². The molecule has 0 unspecified atom stereocenters. The lowest BCUT2D eigenvalue weighted by Crippen LogP contribution is -2.21. The van der Waals surface area contributed by atoms with Gasteiger partial charge in [0.1, 0.15) is 11.4 Å². The van der Waals surface area contributed by atoms with Crippen molar-refractivity contribution in [3.63, 3.8) is 0 Å². The van der Waals surface area contributed by atoms with E-state index in [9.17, 15) is 9.59 Å². The first-order valence-electron chi connectivity index (χ1n) is 9.36. The van der Waals surface area contributed by atoms with Crippen LogP contribution in [-0.4, -0.2) is 60.7 Å². The van der Waals surface area contributed by atoms with Gasteiger partial charge in [0.25, 0.3) is 5.91 Å². The fourth-order valence-corrected chi connectivity index (χ4v) is 2.58. The van der Waals surface area contributed by atoms with Gasteiger partial charge in [-0.25, -0.2) is 9.97 Å². The summed E-state index contributed by atoms with van der Waals surface area (Å²) in [6.07, 6.45) is 4.49. The Morgan fingerprint density at radius 2 is 2.00 bits per heavy atom. The number of carbonyl (C=O) groups is 2. The van der Waals surface area contributed by atoms with E-state index in [-0.39, 0.29) is 23.5 Å². The van der Waals surface area contributed by atoms with Gasteiger partial charge in [-0.1, -0.05) is 11.2 Å². The van der Waals surface area contributed by atoms with E-state index in [1.807, 2.05) is 0 Å². The number of ether oxygens (including phenoxy) is 1. The summed E-state index contributed by atoms with van der Waals surface area (Å²) in [5.74, 6) is 0.292. The van der Waals surface area contributed by atoms with Crippen LogP contribution in [0.25, 0.3) is 11.5 Å². The van der Waals surface area contributed by atoms with Crippen molar-refractivity contribution in [2.75, 3.05) is 19.4 Å². The highest BCUT2D eigenvalue weighted by molar-refractivity contribution is 6.04. The number of aryl methyl sites for hydroxylation is 1. The maximum absolute atomic E-state index is 12.4. The number of nitrogens with one attached hydrogen (secondary N) is 1. The van der Waals surface area contributed by atoms with E-state index in [1.54, 1.807) is 62.4 Å². The predicted octanol–water partition coefficient (Wildman–Crippen LogP) is 2.01. The van der Waals surface area contributed by atoms with Crippen LogP contribution in [0.4, 0.5) is 5.82 Å². The van der Waals surface area contributed by atoms with Crippen molar-refractivity contribution in [2.45, 2.75) is 0 Å². The lowest BCUT2D eigenvalue weighted by Gasteiger charge is -2.07. The molecule has 162 valence electrons. The van der Waals surface area contributed by atoms with E-state index in [2.05, 4.69) is 30.5 Å². The molecule has 1 N–H and O–H groups in total. The molecule has 1 aromatic carbocycles. The molecule has 0 fully saturated rings. The Kier molecular flexibility index (Phi) is 5.57. The summed E-state index contributed by atoms with van der Waals surface area (Å²) in [4.78, 5) is 38.0. The second-order valence-corrected chi connectivity index (χ2v) is 6.82. The monoisotopic (exact) mass is 434 g/mol.